The van der Waals surface area contributed by atoms with E-state index in [-0.39, 0.29) is 24.3 Å². The van der Waals surface area contributed by atoms with Crippen LogP contribution in [0.5, 0.6) is 0 Å². The maximum atomic E-state index is 13.4. The third-order valence-corrected chi connectivity index (χ3v) is 7.06. The molecule has 3 heterocycles. The van der Waals surface area contributed by atoms with Gasteiger partial charge in [-0.3, -0.25) is 9.59 Å². The molecule has 184 valence electrons. The van der Waals surface area contributed by atoms with Crippen LogP contribution >= 0.6 is 0 Å². The number of nitrogens with two attached hydrogens (primary N) is 1. The summed E-state index contributed by atoms with van der Waals surface area (Å²) in [7, 11) is 0. The SMILES string of the molecule is Cc1cccc(C(=O)N2CCC([C@@H]3CN(c4ccc(C#N)c(C(F)(F)F)c4)C[C@H]3C(N)=O)CC2)n1. The first-order chi connectivity index (χ1) is 16.6. The number of alkyl halides is 3. The maximum Gasteiger partial charge on any atom is 0.417 e. The number of pyridine rings is 1. The minimum atomic E-state index is -4.66. The second kappa shape index (κ2) is 9.56. The quantitative estimate of drug-likeness (QED) is 0.715. The molecule has 2 aromatic rings. The highest BCUT2D eigenvalue weighted by atomic mass is 19.4. The Hall–Kier alpha value is -3.61. The van der Waals surface area contributed by atoms with E-state index in [2.05, 4.69) is 4.98 Å². The lowest BCUT2D eigenvalue weighted by Crippen LogP contribution is -2.43. The molecule has 0 aliphatic carbocycles. The Morgan fingerprint density at radius 3 is 2.46 bits per heavy atom. The van der Waals surface area contributed by atoms with Crippen LogP contribution in [0.4, 0.5) is 18.9 Å². The van der Waals surface area contributed by atoms with Crippen molar-refractivity contribution in [3.8, 4) is 6.07 Å². The predicted molar refractivity (Wildman–Crippen MR) is 122 cm³/mol. The minimum absolute atomic E-state index is 0.104. The largest absolute Gasteiger partial charge is 0.417 e. The van der Waals surface area contributed by atoms with Crippen LogP contribution in [-0.2, 0) is 11.0 Å². The monoisotopic (exact) mass is 485 g/mol. The van der Waals surface area contributed by atoms with Crippen molar-refractivity contribution in [1.29, 1.82) is 5.26 Å². The van der Waals surface area contributed by atoms with Gasteiger partial charge >= 0.3 is 6.18 Å². The van der Waals surface area contributed by atoms with Crippen LogP contribution in [0.2, 0.25) is 0 Å². The van der Waals surface area contributed by atoms with Crippen molar-refractivity contribution in [2.24, 2.45) is 23.5 Å². The van der Waals surface area contributed by atoms with Gasteiger partial charge in [-0.05, 0) is 61.9 Å². The van der Waals surface area contributed by atoms with Crippen LogP contribution in [0.3, 0.4) is 0 Å². The molecule has 0 spiro atoms. The Bertz CT molecular complexity index is 1170. The fourth-order valence-electron chi connectivity index (χ4n) is 5.23. The first kappa shape index (κ1) is 24.5. The number of benzene rings is 1. The van der Waals surface area contributed by atoms with Gasteiger partial charge in [0.1, 0.15) is 5.69 Å². The summed E-state index contributed by atoms with van der Waals surface area (Å²) in [6.45, 7) is 3.45. The molecule has 2 aliphatic heterocycles. The van der Waals surface area contributed by atoms with Crippen LogP contribution in [0, 0.1) is 36.0 Å². The standard InChI is InChI=1S/C25H26F3N5O2/c1-15-3-2-4-22(31-15)24(35)32-9-7-16(8-10-32)19-13-33(14-20(19)23(30)34)18-6-5-17(12-29)21(11-18)25(26,27)28/h2-6,11,16,19-20H,7-10,13-14H2,1H3,(H2,30,34)/t19-,20+/m0/s1. The third kappa shape index (κ3) is 5.09. The van der Waals surface area contributed by atoms with Crippen LogP contribution in [0.25, 0.3) is 0 Å². The van der Waals surface area contributed by atoms with Gasteiger partial charge in [0.25, 0.3) is 5.91 Å². The smallest absolute Gasteiger partial charge is 0.370 e. The molecule has 0 bridgehead atoms. The second-order valence-corrected chi connectivity index (χ2v) is 9.21. The molecule has 0 unspecified atom stereocenters. The summed E-state index contributed by atoms with van der Waals surface area (Å²) < 4.78 is 40.3. The molecular formula is C25H26F3N5O2. The summed E-state index contributed by atoms with van der Waals surface area (Å²) in [5.74, 6) is -1.15. The molecule has 0 radical (unpaired) electrons. The zero-order valence-corrected chi connectivity index (χ0v) is 19.3. The Labute approximate surface area is 201 Å². The van der Waals surface area contributed by atoms with Gasteiger partial charge in [-0.2, -0.15) is 18.4 Å². The van der Waals surface area contributed by atoms with Crippen LogP contribution in [-0.4, -0.2) is 47.9 Å². The van der Waals surface area contributed by atoms with Crippen molar-refractivity contribution < 1.29 is 22.8 Å². The zero-order chi connectivity index (χ0) is 25.3. The first-order valence-corrected chi connectivity index (χ1v) is 11.5. The van der Waals surface area contributed by atoms with E-state index in [9.17, 15) is 22.8 Å². The number of amides is 2. The normalized spacial score (nSPS) is 21.1. The molecule has 2 amide bonds. The number of nitrogens with zero attached hydrogens (tertiary/aromatic N) is 4. The summed E-state index contributed by atoms with van der Waals surface area (Å²) in [5.41, 5.74) is 5.72. The second-order valence-electron chi connectivity index (χ2n) is 9.21. The predicted octanol–water partition coefficient (Wildman–Crippen LogP) is 3.37. The molecular weight excluding hydrogens is 459 g/mol. The molecule has 0 saturated carbocycles. The van der Waals surface area contributed by atoms with E-state index in [0.29, 0.717) is 43.9 Å². The number of primary amides is 1. The van der Waals surface area contributed by atoms with Gasteiger partial charge in [-0.1, -0.05) is 6.07 Å². The number of aryl methyl sites for hydroxylation is 1. The number of halogens is 3. The number of aromatic nitrogens is 1. The lowest BCUT2D eigenvalue weighted by atomic mass is 9.78. The molecule has 1 aromatic heterocycles. The third-order valence-electron chi connectivity index (χ3n) is 7.06. The van der Waals surface area contributed by atoms with E-state index in [1.807, 2.05) is 13.0 Å². The van der Waals surface area contributed by atoms with E-state index in [4.69, 9.17) is 11.0 Å². The average molecular weight is 486 g/mol. The number of carbonyl (C=O) groups excluding carboxylic acids is 2. The summed E-state index contributed by atoms with van der Waals surface area (Å²) in [4.78, 5) is 32.9. The lowest BCUT2D eigenvalue weighted by Gasteiger charge is -2.36. The van der Waals surface area contributed by atoms with Gasteiger partial charge in [-0.15, -0.1) is 0 Å². The van der Waals surface area contributed by atoms with Crippen molar-refractivity contribution >= 4 is 17.5 Å². The maximum absolute atomic E-state index is 13.4. The molecule has 4 rings (SSSR count). The minimum Gasteiger partial charge on any atom is -0.370 e. The van der Waals surface area contributed by atoms with E-state index in [1.54, 1.807) is 28.0 Å². The average Bonchev–Trinajstić information content (AvgIpc) is 3.29. The summed E-state index contributed by atoms with van der Waals surface area (Å²) in [6.07, 6.45) is -3.32. The van der Waals surface area contributed by atoms with Crippen molar-refractivity contribution in [1.82, 2.24) is 9.88 Å². The summed E-state index contributed by atoms with van der Waals surface area (Å²) in [6, 6.07) is 10.5. The molecule has 2 saturated heterocycles. The van der Waals surface area contributed by atoms with Crippen LogP contribution < -0.4 is 10.6 Å². The molecule has 2 fully saturated rings. The number of carbonyl (C=O) groups is 2. The Morgan fingerprint density at radius 2 is 1.86 bits per heavy atom. The van der Waals surface area contributed by atoms with Gasteiger partial charge in [0, 0.05) is 37.6 Å². The number of hydrogen-bond acceptors (Lipinski definition) is 5. The van der Waals surface area contributed by atoms with Gasteiger partial charge < -0.3 is 15.5 Å². The summed E-state index contributed by atoms with van der Waals surface area (Å²) in [5, 5.41) is 9.06. The molecule has 2 N–H and O–H groups in total. The number of anilines is 1. The highest BCUT2D eigenvalue weighted by molar-refractivity contribution is 5.92. The topological polar surface area (TPSA) is 103 Å². The van der Waals surface area contributed by atoms with Gasteiger partial charge in [0.2, 0.25) is 5.91 Å². The van der Waals surface area contributed by atoms with E-state index in [1.165, 1.54) is 6.07 Å². The van der Waals surface area contributed by atoms with Crippen molar-refractivity contribution in [2.45, 2.75) is 25.9 Å². The Kier molecular flexibility index (Phi) is 6.70. The molecule has 10 heteroatoms. The Morgan fingerprint density at radius 1 is 1.14 bits per heavy atom. The number of piperidine rings is 1. The molecule has 35 heavy (non-hydrogen) atoms. The van der Waals surface area contributed by atoms with Gasteiger partial charge in [-0.25, -0.2) is 4.98 Å². The number of nitriles is 1. The fraction of sp³-hybridized carbons (Fsp3) is 0.440. The highest BCUT2D eigenvalue weighted by Gasteiger charge is 2.43. The molecule has 2 atom stereocenters. The molecule has 7 nitrogen and oxygen atoms in total. The summed E-state index contributed by atoms with van der Waals surface area (Å²) >= 11 is 0. The highest BCUT2D eigenvalue weighted by Crippen LogP contribution is 2.40. The van der Waals surface area contributed by atoms with Crippen LogP contribution in [0.15, 0.2) is 36.4 Å². The van der Waals surface area contributed by atoms with Crippen molar-refractivity contribution in [3.63, 3.8) is 0 Å². The molecule has 1 aromatic carbocycles. The lowest BCUT2D eigenvalue weighted by molar-refractivity contribution is -0.137. The number of hydrogen-bond donors (Lipinski definition) is 1. The fourth-order valence-corrected chi connectivity index (χ4v) is 5.23. The Balaban J connectivity index is 1.48. The van der Waals surface area contributed by atoms with Crippen molar-refractivity contribution in [2.75, 3.05) is 31.1 Å². The molecule has 2 aliphatic rings. The van der Waals surface area contributed by atoms with E-state index < -0.39 is 29.1 Å². The number of likely N-dealkylation sites (tertiary alicyclic amines) is 1. The van der Waals surface area contributed by atoms with E-state index in [0.717, 1.165) is 17.8 Å². The van der Waals surface area contributed by atoms with E-state index >= 15 is 0 Å². The van der Waals surface area contributed by atoms with Crippen LogP contribution in [0.1, 0.15) is 40.2 Å². The van der Waals surface area contributed by atoms with Gasteiger partial charge in [0.15, 0.2) is 0 Å². The van der Waals surface area contributed by atoms with Gasteiger partial charge in [0.05, 0.1) is 23.1 Å². The zero-order valence-electron chi connectivity index (χ0n) is 19.3. The first-order valence-electron chi connectivity index (χ1n) is 11.5. The van der Waals surface area contributed by atoms with Crippen molar-refractivity contribution in [3.05, 3.63) is 58.9 Å². The number of rotatable bonds is 4.